The molecular formula is C13H21NO2. The quantitative estimate of drug-likeness (QED) is 0.720. The minimum Gasteiger partial charge on any atom is -0.493 e. The molecular weight excluding hydrogens is 202 g/mol. The molecule has 0 aliphatic rings. The van der Waals surface area contributed by atoms with Gasteiger partial charge in [-0.05, 0) is 31.5 Å². The van der Waals surface area contributed by atoms with Crippen molar-refractivity contribution in [2.45, 2.75) is 26.4 Å². The first-order chi connectivity index (χ1) is 7.72. The van der Waals surface area contributed by atoms with E-state index in [0.717, 1.165) is 12.2 Å². The lowest BCUT2D eigenvalue weighted by Gasteiger charge is -2.11. The highest BCUT2D eigenvalue weighted by molar-refractivity contribution is 5.27. The van der Waals surface area contributed by atoms with Gasteiger partial charge in [0.25, 0.3) is 0 Å². The van der Waals surface area contributed by atoms with E-state index < -0.39 is 0 Å². The molecule has 0 amide bonds. The van der Waals surface area contributed by atoms with E-state index in [-0.39, 0.29) is 6.10 Å². The summed E-state index contributed by atoms with van der Waals surface area (Å²) in [5.41, 5.74) is 6.65. The summed E-state index contributed by atoms with van der Waals surface area (Å²) in [5, 5.41) is 0. The van der Waals surface area contributed by atoms with Crippen LogP contribution in [0.2, 0.25) is 0 Å². The van der Waals surface area contributed by atoms with Gasteiger partial charge in [0.15, 0.2) is 0 Å². The van der Waals surface area contributed by atoms with Crippen molar-refractivity contribution < 1.29 is 9.47 Å². The van der Waals surface area contributed by atoms with E-state index in [1.54, 1.807) is 0 Å². The maximum absolute atomic E-state index is 5.59. The summed E-state index contributed by atoms with van der Waals surface area (Å²) >= 11 is 0. The Kier molecular flexibility index (Phi) is 5.90. The SMILES string of the molecule is Cc1cccc(OCCCOC(C)CN)c1. The minimum atomic E-state index is 0.138. The summed E-state index contributed by atoms with van der Waals surface area (Å²) in [6, 6.07) is 8.05. The molecule has 1 atom stereocenters. The van der Waals surface area contributed by atoms with Gasteiger partial charge in [0.05, 0.1) is 19.3 Å². The Hall–Kier alpha value is -1.06. The average Bonchev–Trinajstić information content (AvgIpc) is 2.28. The van der Waals surface area contributed by atoms with Crippen molar-refractivity contribution in [3.05, 3.63) is 29.8 Å². The van der Waals surface area contributed by atoms with E-state index in [1.165, 1.54) is 5.56 Å². The molecule has 1 unspecified atom stereocenters. The fraction of sp³-hybridized carbons (Fsp3) is 0.538. The Morgan fingerprint density at radius 1 is 1.31 bits per heavy atom. The monoisotopic (exact) mass is 223 g/mol. The van der Waals surface area contributed by atoms with E-state index in [2.05, 4.69) is 13.0 Å². The molecule has 0 bridgehead atoms. The molecule has 3 nitrogen and oxygen atoms in total. The standard InChI is InChI=1S/C13H21NO2/c1-11-5-3-6-13(9-11)16-8-4-7-15-12(2)10-14/h3,5-6,9,12H,4,7-8,10,14H2,1-2H3. The van der Waals surface area contributed by atoms with Crippen LogP contribution in [0, 0.1) is 6.92 Å². The number of ether oxygens (including phenoxy) is 2. The van der Waals surface area contributed by atoms with Crippen LogP contribution in [0.25, 0.3) is 0 Å². The Labute approximate surface area is 97.6 Å². The second kappa shape index (κ2) is 7.25. The molecule has 0 heterocycles. The normalized spacial score (nSPS) is 12.4. The van der Waals surface area contributed by atoms with Gasteiger partial charge in [-0.15, -0.1) is 0 Å². The Morgan fingerprint density at radius 2 is 2.12 bits per heavy atom. The zero-order valence-corrected chi connectivity index (χ0v) is 10.1. The summed E-state index contributed by atoms with van der Waals surface area (Å²) in [7, 11) is 0. The minimum absolute atomic E-state index is 0.138. The van der Waals surface area contributed by atoms with Gasteiger partial charge in [0, 0.05) is 13.0 Å². The Bertz CT molecular complexity index is 302. The highest BCUT2D eigenvalue weighted by atomic mass is 16.5. The van der Waals surface area contributed by atoms with E-state index in [9.17, 15) is 0 Å². The molecule has 0 saturated heterocycles. The molecule has 1 aromatic carbocycles. The second-order valence-corrected chi connectivity index (χ2v) is 3.94. The molecule has 90 valence electrons. The Balaban J connectivity index is 2.12. The molecule has 0 aliphatic heterocycles. The summed E-state index contributed by atoms with van der Waals surface area (Å²) in [6.45, 7) is 5.98. The van der Waals surface area contributed by atoms with E-state index >= 15 is 0 Å². The lowest BCUT2D eigenvalue weighted by atomic mass is 10.2. The highest BCUT2D eigenvalue weighted by Crippen LogP contribution is 2.12. The summed E-state index contributed by atoms with van der Waals surface area (Å²) in [5.74, 6) is 0.923. The summed E-state index contributed by atoms with van der Waals surface area (Å²) in [6.07, 6.45) is 1.03. The number of rotatable bonds is 7. The van der Waals surface area contributed by atoms with Gasteiger partial charge < -0.3 is 15.2 Å². The van der Waals surface area contributed by atoms with Crippen LogP contribution in [0.3, 0.4) is 0 Å². The number of benzene rings is 1. The lowest BCUT2D eigenvalue weighted by molar-refractivity contribution is 0.0631. The number of hydrogen-bond donors (Lipinski definition) is 1. The van der Waals surface area contributed by atoms with Gasteiger partial charge in [0.2, 0.25) is 0 Å². The molecule has 0 aromatic heterocycles. The number of nitrogens with two attached hydrogens (primary N) is 1. The van der Waals surface area contributed by atoms with Gasteiger partial charge in [0.1, 0.15) is 5.75 Å². The number of aryl methyl sites for hydroxylation is 1. The third kappa shape index (κ3) is 5.14. The zero-order valence-electron chi connectivity index (χ0n) is 10.1. The average molecular weight is 223 g/mol. The van der Waals surface area contributed by atoms with Crippen molar-refractivity contribution in [1.29, 1.82) is 0 Å². The highest BCUT2D eigenvalue weighted by Gasteiger charge is 1.98. The van der Waals surface area contributed by atoms with Crippen LogP contribution in [0.15, 0.2) is 24.3 Å². The maximum Gasteiger partial charge on any atom is 0.119 e. The van der Waals surface area contributed by atoms with Crippen LogP contribution >= 0.6 is 0 Å². The first-order valence-corrected chi connectivity index (χ1v) is 5.73. The van der Waals surface area contributed by atoms with Crippen LogP contribution in [0.4, 0.5) is 0 Å². The fourth-order valence-electron chi connectivity index (χ4n) is 1.31. The number of hydrogen-bond acceptors (Lipinski definition) is 3. The molecule has 3 heteroatoms. The summed E-state index contributed by atoms with van der Waals surface area (Å²) < 4.78 is 11.0. The van der Waals surface area contributed by atoms with Crippen LogP contribution in [0.1, 0.15) is 18.9 Å². The second-order valence-electron chi connectivity index (χ2n) is 3.94. The third-order valence-corrected chi connectivity index (χ3v) is 2.28. The molecule has 0 fully saturated rings. The molecule has 16 heavy (non-hydrogen) atoms. The van der Waals surface area contributed by atoms with Gasteiger partial charge in [-0.3, -0.25) is 0 Å². The van der Waals surface area contributed by atoms with Crippen molar-refractivity contribution >= 4 is 0 Å². The van der Waals surface area contributed by atoms with E-state index in [0.29, 0.717) is 19.8 Å². The largest absolute Gasteiger partial charge is 0.493 e. The van der Waals surface area contributed by atoms with E-state index in [4.69, 9.17) is 15.2 Å². The molecule has 0 aliphatic carbocycles. The van der Waals surface area contributed by atoms with Crippen LogP contribution in [-0.4, -0.2) is 25.9 Å². The molecule has 0 spiro atoms. The topological polar surface area (TPSA) is 44.5 Å². The van der Waals surface area contributed by atoms with Gasteiger partial charge >= 0.3 is 0 Å². The van der Waals surface area contributed by atoms with Crippen LogP contribution in [0.5, 0.6) is 5.75 Å². The van der Waals surface area contributed by atoms with Gasteiger partial charge in [-0.1, -0.05) is 12.1 Å². The van der Waals surface area contributed by atoms with Gasteiger partial charge in [-0.25, -0.2) is 0 Å². The molecule has 1 rings (SSSR count). The van der Waals surface area contributed by atoms with Crippen molar-refractivity contribution in [3.63, 3.8) is 0 Å². The summed E-state index contributed by atoms with van der Waals surface area (Å²) in [4.78, 5) is 0. The first kappa shape index (κ1) is 13.0. The lowest BCUT2D eigenvalue weighted by Crippen LogP contribution is -2.21. The predicted molar refractivity (Wildman–Crippen MR) is 65.8 cm³/mol. The van der Waals surface area contributed by atoms with Crippen molar-refractivity contribution in [3.8, 4) is 5.75 Å². The van der Waals surface area contributed by atoms with Gasteiger partial charge in [-0.2, -0.15) is 0 Å². The predicted octanol–water partition coefficient (Wildman–Crippen LogP) is 2.13. The first-order valence-electron chi connectivity index (χ1n) is 5.73. The fourth-order valence-corrected chi connectivity index (χ4v) is 1.31. The van der Waals surface area contributed by atoms with Crippen LogP contribution < -0.4 is 10.5 Å². The molecule has 0 saturated carbocycles. The van der Waals surface area contributed by atoms with Crippen molar-refractivity contribution in [2.75, 3.05) is 19.8 Å². The zero-order chi connectivity index (χ0) is 11.8. The van der Waals surface area contributed by atoms with Crippen molar-refractivity contribution in [1.82, 2.24) is 0 Å². The molecule has 1 aromatic rings. The third-order valence-electron chi connectivity index (χ3n) is 2.28. The maximum atomic E-state index is 5.59. The van der Waals surface area contributed by atoms with E-state index in [1.807, 2.05) is 25.1 Å². The van der Waals surface area contributed by atoms with Crippen LogP contribution in [-0.2, 0) is 4.74 Å². The molecule has 2 N–H and O–H groups in total. The Morgan fingerprint density at radius 3 is 2.81 bits per heavy atom. The van der Waals surface area contributed by atoms with Crippen molar-refractivity contribution in [2.24, 2.45) is 5.73 Å². The molecule has 0 radical (unpaired) electrons. The smallest absolute Gasteiger partial charge is 0.119 e.